The van der Waals surface area contributed by atoms with Crippen molar-refractivity contribution in [3.8, 4) is 0 Å². The molecule has 0 saturated carbocycles. The second-order valence-corrected chi connectivity index (χ2v) is 7.91. The third-order valence-corrected chi connectivity index (χ3v) is 5.38. The average Bonchev–Trinajstić information content (AvgIpc) is 2.38. The molecule has 118 valence electrons. The van der Waals surface area contributed by atoms with E-state index in [1.807, 2.05) is 0 Å². The summed E-state index contributed by atoms with van der Waals surface area (Å²) in [5.41, 5.74) is 9.96. The zero-order valence-electron chi connectivity index (χ0n) is 13.0. The first kappa shape index (κ1) is 16.4. The van der Waals surface area contributed by atoms with Gasteiger partial charge in [-0.1, -0.05) is 23.8 Å². The van der Waals surface area contributed by atoms with Crippen molar-refractivity contribution in [1.29, 1.82) is 0 Å². The Morgan fingerprint density at radius 3 is 2.33 bits per heavy atom. The van der Waals surface area contributed by atoms with Crippen LogP contribution in [0, 0.1) is 13.8 Å². The van der Waals surface area contributed by atoms with E-state index in [1.54, 1.807) is 0 Å². The number of nitrogens with two attached hydrogens (primary N) is 1. The Bertz CT molecular complexity index is 593. The van der Waals surface area contributed by atoms with E-state index < -0.39 is 10.0 Å². The first-order valence-electron chi connectivity index (χ1n) is 7.27. The highest BCUT2D eigenvalue weighted by atomic mass is 32.2. The van der Waals surface area contributed by atoms with Gasteiger partial charge in [-0.3, -0.25) is 4.90 Å². The van der Waals surface area contributed by atoms with Crippen LogP contribution in [0.1, 0.15) is 22.7 Å². The van der Waals surface area contributed by atoms with Crippen LogP contribution in [0.15, 0.2) is 18.2 Å². The number of benzene rings is 1. The molecular formula is C15H25N3O2S. The maximum absolute atomic E-state index is 11.5. The second kappa shape index (κ2) is 6.44. The lowest BCUT2D eigenvalue weighted by Gasteiger charge is -2.34. The van der Waals surface area contributed by atoms with Gasteiger partial charge in [0.1, 0.15) is 0 Å². The molecule has 1 aromatic carbocycles. The predicted molar refractivity (Wildman–Crippen MR) is 85.7 cm³/mol. The summed E-state index contributed by atoms with van der Waals surface area (Å²) in [6, 6.07) is 6.30. The topological polar surface area (TPSA) is 66.6 Å². The smallest absolute Gasteiger partial charge is 0.211 e. The van der Waals surface area contributed by atoms with Crippen LogP contribution in [0.4, 0.5) is 0 Å². The first-order valence-corrected chi connectivity index (χ1v) is 9.12. The molecule has 21 heavy (non-hydrogen) atoms. The Morgan fingerprint density at radius 2 is 1.81 bits per heavy atom. The standard InChI is InChI=1S/C15H25N3O2S/c1-12-4-5-14(13(2)10-12)15(16)11-17-6-8-18(9-7-17)21(3,19)20/h4-5,10,15H,6-9,11,16H2,1-3H3. The Labute approximate surface area is 127 Å². The van der Waals surface area contributed by atoms with Crippen molar-refractivity contribution in [3.63, 3.8) is 0 Å². The number of hydrogen-bond acceptors (Lipinski definition) is 4. The number of hydrogen-bond donors (Lipinski definition) is 1. The molecule has 1 heterocycles. The van der Waals surface area contributed by atoms with Crippen molar-refractivity contribution in [1.82, 2.24) is 9.21 Å². The molecule has 1 atom stereocenters. The van der Waals surface area contributed by atoms with Crippen LogP contribution in [0.2, 0.25) is 0 Å². The summed E-state index contributed by atoms with van der Waals surface area (Å²) in [5, 5.41) is 0. The molecule has 1 saturated heterocycles. The summed E-state index contributed by atoms with van der Waals surface area (Å²) in [6.07, 6.45) is 1.27. The van der Waals surface area contributed by atoms with E-state index in [-0.39, 0.29) is 6.04 Å². The Balaban J connectivity index is 1.94. The van der Waals surface area contributed by atoms with Gasteiger partial charge in [-0.25, -0.2) is 8.42 Å². The first-order chi connectivity index (χ1) is 9.77. The Hall–Kier alpha value is -0.950. The van der Waals surface area contributed by atoms with E-state index in [9.17, 15) is 8.42 Å². The summed E-state index contributed by atoms with van der Waals surface area (Å²) >= 11 is 0. The van der Waals surface area contributed by atoms with Crippen molar-refractivity contribution >= 4 is 10.0 Å². The Morgan fingerprint density at radius 1 is 1.19 bits per heavy atom. The normalized spacial score (nSPS) is 19.6. The van der Waals surface area contributed by atoms with E-state index in [0.29, 0.717) is 13.1 Å². The molecule has 2 N–H and O–H groups in total. The monoisotopic (exact) mass is 311 g/mol. The van der Waals surface area contributed by atoms with Gasteiger partial charge in [0.05, 0.1) is 6.26 Å². The van der Waals surface area contributed by atoms with Crippen LogP contribution >= 0.6 is 0 Å². The van der Waals surface area contributed by atoms with Gasteiger partial charge in [0, 0.05) is 38.8 Å². The van der Waals surface area contributed by atoms with Gasteiger partial charge in [0.25, 0.3) is 0 Å². The maximum atomic E-state index is 11.5. The average molecular weight is 311 g/mol. The third-order valence-electron chi connectivity index (χ3n) is 4.08. The molecule has 0 bridgehead atoms. The quantitative estimate of drug-likeness (QED) is 0.896. The van der Waals surface area contributed by atoms with Crippen LogP contribution in [0.3, 0.4) is 0 Å². The maximum Gasteiger partial charge on any atom is 0.211 e. The largest absolute Gasteiger partial charge is 0.323 e. The minimum absolute atomic E-state index is 0.0321. The zero-order valence-corrected chi connectivity index (χ0v) is 13.9. The summed E-state index contributed by atoms with van der Waals surface area (Å²) in [4.78, 5) is 2.24. The van der Waals surface area contributed by atoms with Crippen molar-refractivity contribution in [3.05, 3.63) is 34.9 Å². The Kier molecular flexibility index (Phi) is 5.03. The lowest BCUT2D eigenvalue weighted by atomic mass is 9.99. The highest BCUT2D eigenvalue weighted by Gasteiger charge is 2.24. The molecule has 1 aliphatic rings. The van der Waals surface area contributed by atoms with Gasteiger partial charge in [-0.05, 0) is 25.0 Å². The van der Waals surface area contributed by atoms with Gasteiger partial charge in [0.2, 0.25) is 10.0 Å². The van der Waals surface area contributed by atoms with Crippen molar-refractivity contribution in [2.45, 2.75) is 19.9 Å². The molecule has 0 aromatic heterocycles. The van der Waals surface area contributed by atoms with E-state index >= 15 is 0 Å². The molecule has 0 amide bonds. The number of aryl methyl sites for hydroxylation is 2. The number of nitrogens with zero attached hydrogens (tertiary/aromatic N) is 2. The van der Waals surface area contributed by atoms with Gasteiger partial charge < -0.3 is 5.73 Å². The van der Waals surface area contributed by atoms with Crippen LogP contribution in [-0.4, -0.2) is 56.6 Å². The van der Waals surface area contributed by atoms with E-state index in [0.717, 1.165) is 19.6 Å². The molecule has 1 aromatic rings. The molecule has 5 nitrogen and oxygen atoms in total. The molecule has 1 aliphatic heterocycles. The number of sulfonamides is 1. The summed E-state index contributed by atoms with van der Waals surface area (Å²) in [6.45, 7) is 7.52. The molecule has 2 rings (SSSR count). The fraction of sp³-hybridized carbons (Fsp3) is 0.600. The lowest BCUT2D eigenvalue weighted by molar-refractivity contribution is 0.180. The fourth-order valence-electron chi connectivity index (χ4n) is 2.86. The molecule has 0 spiro atoms. The van der Waals surface area contributed by atoms with Crippen LogP contribution in [0.25, 0.3) is 0 Å². The minimum atomic E-state index is -3.07. The minimum Gasteiger partial charge on any atom is -0.323 e. The fourth-order valence-corrected chi connectivity index (χ4v) is 3.69. The summed E-state index contributed by atoms with van der Waals surface area (Å²) < 4.78 is 24.5. The van der Waals surface area contributed by atoms with Gasteiger partial charge in [-0.15, -0.1) is 0 Å². The second-order valence-electron chi connectivity index (χ2n) is 5.93. The van der Waals surface area contributed by atoms with E-state index in [2.05, 4.69) is 36.9 Å². The van der Waals surface area contributed by atoms with Gasteiger partial charge in [-0.2, -0.15) is 4.31 Å². The van der Waals surface area contributed by atoms with Crippen molar-refractivity contribution in [2.75, 3.05) is 39.0 Å². The molecule has 0 aliphatic carbocycles. The van der Waals surface area contributed by atoms with Crippen molar-refractivity contribution < 1.29 is 8.42 Å². The van der Waals surface area contributed by atoms with Crippen LogP contribution in [0.5, 0.6) is 0 Å². The van der Waals surface area contributed by atoms with Gasteiger partial charge >= 0.3 is 0 Å². The molecule has 1 fully saturated rings. The number of piperazine rings is 1. The van der Waals surface area contributed by atoms with Crippen LogP contribution < -0.4 is 5.73 Å². The molecule has 0 radical (unpaired) electrons. The highest BCUT2D eigenvalue weighted by Crippen LogP contribution is 2.19. The molecule has 1 unspecified atom stereocenters. The molecular weight excluding hydrogens is 286 g/mol. The van der Waals surface area contributed by atoms with Crippen LogP contribution in [-0.2, 0) is 10.0 Å². The van der Waals surface area contributed by atoms with E-state index in [4.69, 9.17) is 5.73 Å². The number of rotatable bonds is 4. The SMILES string of the molecule is Cc1ccc(C(N)CN2CCN(S(C)(=O)=O)CC2)c(C)c1. The zero-order chi connectivity index (χ0) is 15.6. The summed E-state index contributed by atoms with van der Waals surface area (Å²) in [5.74, 6) is 0. The lowest BCUT2D eigenvalue weighted by Crippen LogP contribution is -2.49. The third kappa shape index (κ3) is 4.26. The summed E-state index contributed by atoms with van der Waals surface area (Å²) in [7, 11) is -3.07. The molecule has 6 heteroatoms. The van der Waals surface area contributed by atoms with Crippen molar-refractivity contribution in [2.24, 2.45) is 5.73 Å². The van der Waals surface area contributed by atoms with E-state index in [1.165, 1.54) is 27.3 Å². The highest BCUT2D eigenvalue weighted by molar-refractivity contribution is 7.88. The van der Waals surface area contributed by atoms with Gasteiger partial charge in [0.15, 0.2) is 0 Å². The predicted octanol–water partition coefficient (Wildman–Crippen LogP) is 0.880.